The third-order valence-electron chi connectivity index (χ3n) is 3.52. The standard InChI is InChI=1S/C16H18N2/c1-11-6-14(17)10-15(7-11)18-16-8-12-4-2-3-5-13(12)9-16/h2-7,10,16,18H,8-9,17H2,1H3. The van der Waals surface area contributed by atoms with Crippen molar-refractivity contribution < 1.29 is 0 Å². The van der Waals surface area contributed by atoms with E-state index in [1.54, 1.807) is 0 Å². The SMILES string of the molecule is Cc1cc(N)cc(NC2Cc3ccccc3C2)c1. The van der Waals surface area contributed by atoms with E-state index in [-0.39, 0.29) is 0 Å². The molecule has 1 aliphatic carbocycles. The highest BCUT2D eigenvalue weighted by molar-refractivity contribution is 5.57. The number of nitrogens with one attached hydrogen (secondary N) is 1. The number of hydrogen-bond donors (Lipinski definition) is 2. The molecule has 0 radical (unpaired) electrons. The predicted molar refractivity (Wildman–Crippen MR) is 76.9 cm³/mol. The van der Waals surface area contributed by atoms with E-state index in [1.165, 1.54) is 16.7 Å². The minimum Gasteiger partial charge on any atom is -0.399 e. The van der Waals surface area contributed by atoms with E-state index >= 15 is 0 Å². The number of nitrogens with two attached hydrogens (primary N) is 1. The second kappa shape index (κ2) is 4.37. The van der Waals surface area contributed by atoms with Crippen molar-refractivity contribution in [2.45, 2.75) is 25.8 Å². The molecule has 0 unspecified atom stereocenters. The fraction of sp³-hybridized carbons (Fsp3) is 0.250. The first-order chi connectivity index (χ1) is 8.70. The van der Waals surface area contributed by atoms with E-state index in [0.717, 1.165) is 24.2 Å². The molecule has 2 nitrogen and oxygen atoms in total. The molecule has 3 N–H and O–H groups in total. The first-order valence-electron chi connectivity index (χ1n) is 6.41. The van der Waals surface area contributed by atoms with Crippen LogP contribution in [0.4, 0.5) is 11.4 Å². The third-order valence-corrected chi connectivity index (χ3v) is 3.52. The molecular weight excluding hydrogens is 220 g/mol. The summed E-state index contributed by atoms with van der Waals surface area (Å²) < 4.78 is 0. The number of hydrogen-bond acceptors (Lipinski definition) is 2. The van der Waals surface area contributed by atoms with Gasteiger partial charge in [-0.15, -0.1) is 0 Å². The molecule has 0 spiro atoms. The van der Waals surface area contributed by atoms with Gasteiger partial charge in [-0.05, 0) is 54.7 Å². The molecule has 0 atom stereocenters. The molecule has 2 aromatic rings. The van der Waals surface area contributed by atoms with Crippen molar-refractivity contribution in [1.82, 2.24) is 0 Å². The zero-order chi connectivity index (χ0) is 12.5. The van der Waals surface area contributed by atoms with Crippen LogP contribution in [0.3, 0.4) is 0 Å². The molecule has 3 rings (SSSR count). The Morgan fingerprint density at radius 2 is 1.72 bits per heavy atom. The predicted octanol–water partition coefficient (Wildman–Crippen LogP) is 3.16. The summed E-state index contributed by atoms with van der Waals surface area (Å²) in [7, 11) is 0. The molecule has 0 saturated heterocycles. The number of anilines is 2. The Labute approximate surface area is 108 Å². The van der Waals surface area contributed by atoms with Gasteiger partial charge in [-0.25, -0.2) is 0 Å². The fourth-order valence-corrected chi connectivity index (χ4v) is 2.79. The quantitative estimate of drug-likeness (QED) is 0.789. The number of rotatable bonds is 2. The average Bonchev–Trinajstić information content (AvgIpc) is 2.69. The maximum absolute atomic E-state index is 5.88. The van der Waals surface area contributed by atoms with Crippen LogP contribution in [-0.2, 0) is 12.8 Å². The first kappa shape index (κ1) is 11.1. The van der Waals surface area contributed by atoms with E-state index in [4.69, 9.17) is 5.73 Å². The molecule has 0 aliphatic heterocycles. The lowest BCUT2D eigenvalue weighted by atomic mass is 10.1. The van der Waals surface area contributed by atoms with E-state index in [1.807, 2.05) is 12.1 Å². The molecule has 1 aliphatic rings. The highest BCUT2D eigenvalue weighted by atomic mass is 14.9. The van der Waals surface area contributed by atoms with Gasteiger partial charge < -0.3 is 11.1 Å². The molecule has 2 aromatic carbocycles. The lowest BCUT2D eigenvalue weighted by Gasteiger charge is -2.14. The second-order valence-electron chi connectivity index (χ2n) is 5.15. The van der Waals surface area contributed by atoms with Crippen LogP contribution < -0.4 is 11.1 Å². The Morgan fingerprint density at radius 3 is 2.33 bits per heavy atom. The minimum atomic E-state index is 0.489. The Bertz CT molecular complexity index is 530. The van der Waals surface area contributed by atoms with Crippen LogP contribution >= 0.6 is 0 Å². The van der Waals surface area contributed by atoms with Crippen molar-refractivity contribution in [2.75, 3.05) is 11.1 Å². The van der Waals surface area contributed by atoms with Crippen LogP contribution in [0.25, 0.3) is 0 Å². The summed E-state index contributed by atoms with van der Waals surface area (Å²) in [6.45, 7) is 2.07. The van der Waals surface area contributed by atoms with Crippen LogP contribution in [0, 0.1) is 6.92 Å². The van der Waals surface area contributed by atoms with E-state index in [2.05, 4.69) is 42.6 Å². The molecular formula is C16H18N2. The van der Waals surface area contributed by atoms with Gasteiger partial charge in [-0.2, -0.15) is 0 Å². The Hall–Kier alpha value is -1.96. The molecule has 0 fully saturated rings. The third kappa shape index (κ3) is 2.19. The molecule has 92 valence electrons. The molecule has 0 saturated carbocycles. The van der Waals surface area contributed by atoms with Crippen LogP contribution in [0.5, 0.6) is 0 Å². The van der Waals surface area contributed by atoms with Crippen LogP contribution in [-0.4, -0.2) is 6.04 Å². The topological polar surface area (TPSA) is 38.0 Å². The lowest BCUT2D eigenvalue weighted by Crippen LogP contribution is -2.19. The van der Waals surface area contributed by atoms with Crippen molar-refractivity contribution in [2.24, 2.45) is 0 Å². The summed E-state index contributed by atoms with van der Waals surface area (Å²) in [5, 5.41) is 3.59. The van der Waals surface area contributed by atoms with Crippen LogP contribution in [0.2, 0.25) is 0 Å². The van der Waals surface area contributed by atoms with Gasteiger partial charge in [-0.1, -0.05) is 24.3 Å². The van der Waals surface area contributed by atoms with E-state index in [0.29, 0.717) is 6.04 Å². The average molecular weight is 238 g/mol. The Kier molecular flexibility index (Phi) is 2.71. The zero-order valence-corrected chi connectivity index (χ0v) is 10.6. The van der Waals surface area contributed by atoms with E-state index in [9.17, 15) is 0 Å². The van der Waals surface area contributed by atoms with Gasteiger partial charge in [0.25, 0.3) is 0 Å². The largest absolute Gasteiger partial charge is 0.399 e. The second-order valence-corrected chi connectivity index (χ2v) is 5.15. The van der Waals surface area contributed by atoms with Crippen LogP contribution in [0.1, 0.15) is 16.7 Å². The van der Waals surface area contributed by atoms with Gasteiger partial charge in [0.15, 0.2) is 0 Å². The minimum absolute atomic E-state index is 0.489. The summed E-state index contributed by atoms with van der Waals surface area (Å²) in [6.07, 6.45) is 2.20. The van der Waals surface area contributed by atoms with Crippen molar-refractivity contribution in [1.29, 1.82) is 0 Å². The molecule has 18 heavy (non-hydrogen) atoms. The van der Waals surface area contributed by atoms with Crippen molar-refractivity contribution in [3.8, 4) is 0 Å². The summed E-state index contributed by atoms with van der Waals surface area (Å²) in [5.74, 6) is 0. The summed E-state index contributed by atoms with van der Waals surface area (Å²) in [6, 6.07) is 15.3. The van der Waals surface area contributed by atoms with Gasteiger partial charge in [0.05, 0.1) is 0 Å². The van der Waals surface area contributed by atoms with Gasteiger partial charge in [0.2, 0.25) is 0 Å². The fourth-order valence-electron chi connectivity index (χ4n) is 2.79. The van der Waals surface area contributed by atoms with Crippen molar-refractivity contribution in [3.05, 3.63) is 59.2 Å². The van der Waals surface area contributed by atoms with Crippen molar-refractivity contribution in [3.63, 3.8) is 0 Å². The highest BCUT2D eigenvalue weighted by Gasteiger charge is 2.20. The maximum Gasteiger partial charge on any atom is 0.0365 e. The monoisotopic (exact) mass is 238 g/mol. The summed E-state index contributed by atoms with van der Waals surface area (Å²) in [5.41, 5.74) is 12.0. The maximum atomic E-state index is 5.88. The molecule has 0 aromatic heterocycles. The number of aryl methyl sites for hydroxylation is 1. The van der Waals surface area contributed by atoms with Crippen LogP contribution in [0.15, 0.2) is 42.5 Å². The van der Waals surface area contributed by atoms with Gasteiger partial charge in [0, 0.05) is 17.4 Å². The number of fused-ring (bicyclic) bond motifs is 1. The Morgan fingerprint density at radius 1 is 1.06 bits per heavy atom. The van der Waals surface area contributed by atoms with Crippen molar-refractivity contribution >= 4 is 11.4 Å². The summed E-state index contributed by atoms with van der Waals surface area (Å²) >= 11 is 0. The van der Waals surface area contributed by atoms with Gasteiger partial charge in [-0.3, -0.25) is 0 Å². The van der Waals surface area contributed by atoms with E-state index < -0.39 is 0 Å². The molecule has 2 heteroatoms. The zero-order valence-electron chi connectivity index (χ0n) is 10.6. The lowest BCUT2D eigenvalue weighted by molar-refractivity contribution is 0.774. The highest BCUT2D eigenvalue weighted by Crippen LogP contribution is 2.25. The Balaban J connectivity index is 1.76. The first-order valence-corrected chi connectivity index (χ1v) is 6.41. The number of benzene rings is 2. The normalized spacial score (nSPS) is 14.5. The molecule has 0 bridgehead atoms. The van der Waals surface area contributed by atoms with Gasteiger partial charge in [0.1, 0.15) is 0 Å². The smallest absolute Gasteiger partial charge is 0.0365 e. The number of nitrogen functional groups attached to an aromatic ring is 1. The van der Waals surface area contributed by atoms with Gasteiger partial charge >= 0.3 is 0 Å². The summed E-state index contributed by atoms with van der Waals surface area (Å²) in [4.78, 5) is 0. The molecule has 0 heterocycles. The molecule has 0 amide bonds.